The standard InChI is InChI=1S/C15H20O2/c1-15(2,3)13-7-5-4-6-12(13)14(16)11-8-9-17-10-11/h4-7,11H,8-10H2,1-3H3. The van der Waals surface area contributed by atoms with Gasteiger partial charge in [-0.15, -0.1) is 0 Å². The molecule has 0 spiro atoms. The van der Waals surface area contributed by atoms with Gasteiger partial charge in [-0.05, 0) is 17.4 Å². The summed E-state index contributed by atoms with van der Waals surface area (Å²) in [4.78, 5) is 12.4. The van der Waals surface area contributed by atoms with Crippen molar-refractivity contribution < 1.29 is 9.53 Å². The second-order valence-corrected chi connectivity index (χ2v) is 5.72. The van der Waals surface area contributed by atoms with E-state index in [0.29, 0.717) is 13.2 Å². The van der Waals surface area contributed by atoms with Gasteiger partial charge in [-0.1, -0.05) is 45.0 Å². The monoisotopic (exact) mass is 232 g/mol. The molecule has 1 fully saturated rings. The molecule has 1 saturated heterocycles. The zero-order valence-corrected chi connectivity index (χ0v) is 10.8. The molecule has 2 nitrogen and oxygen atoms in total. The number of ether oxygens (including phenoxy) is 1. The fourth-order valence-electron chi connectivity index (χ4n) is 2.31. The molecule has 17 heavy (non-hydrogen) atoms. The van der Waals surface area contributed by atoms with Crippen molar-refractivity contribution in [3.8, 4) is 0 Å². The second-order valence-electron chi connectivity index (χ2n) is 5.72. The van der Waals surface area contributed by atoms with Crippen LogP contribution in [0.1, 0.15) is 43.1 Å². The zero-order valence-electron chi connectivity index (χ0n) is 10.8. The average molecular weight is 232 g/mol. The topological polar surface area (TPSA) is 26.3 Å². The number of carbonyl (C=O) groups excluding carboxylic acids is 1. The van der Waals surface area contributed by atoms with E-state index in [9.17, 15) is 4.79 Å². The molecule has 2 rings (SSSR count). The Kier molecular flexibility index (Phi) is 3.34. The van der Waals surface area contributed by atoms with Crippen LogP contribution in [-0.4, -0.2) is 19.0 Å². The van der Waals surface area contributed by atoms with Gasteiger partial charge in [0.05, 0.1) is 6.61 Å². The van der Waals surface area contributed by atoms with E-state index in [4.69, 9.17) is 4.74 Å². The lowest BCUT2D eigenvalue weighted by Crippen LogP contribution is -2.21. The van der Waals surface area contributed by atoms with Gasteiger partial charge in [0.2, 0.25) is 0 Å². The summed E-state index contributed by atoms with van der Waals surface area (Å²) < 4.78 is 5.30. The number of hydrogen-bond acceptors (Lipinski definition) is 2. The first-order chi connectivity index (χ1) is 8.00. The Hall–Kier alpha value is -1.15. The van der Waals surface area contributed by atoms with Gasteiger partial charge < -0.3 is 4.74 Å². The highest BCUT2D eigenvalue weighted by atomic mass is 16.5. The molecule has 1 unspecified atom stereocenters. The third kappa shape index (κ3) is 2.58. The summed E-state index contributed by atoms with van der Waals surface area (Å²) in [6.45, 7) is 7.73. The van der Waals surface area contributed by atoms with Crippen molar-refractivity contribution >= 4 is 5.78 Å². The minimum absolute atomic E-state index is 0.00567. The van der Waals surface area contributed by atoms with Gasteiger partial charge in [-0.25, -0.2) is 0 Å². The molecule has 0 saturated carbocycles. The van der Waals surface area contributed by atoms with Crippen molar-refractivity contribution in [1.82, 2.24) is 0 Å². The smallest absolute Gasteiger partial charge is 0.168 e. The minimum atomic E-state index is 0.00567. The second kappa shape index (κ2) is 4.61. The Balaban J connectivity index is 2.34. The third-order valence-corrected chi connectivity index (χ3v) is 3.30. The molecule has 0 N–H and O–H groups in total. The molecule has 0 aliphatic carbocycles. The molecule has 1 aliphatic heterocycles. The van der Waals surface area contributed by atoms with Crippen LogP contribution in [-0.2, 0) is 10.2 Å². The number of rotatable bonds is 2. The lowest BCUT2D eigenvalue weighted by molar-refractivity contribution is 0.0898. The molecular formula is C15H20O2. The van der Waals surface area contributed by atoms with E-state index in [-0.39, 0.29) is 17.1 Å². The molecule has 2 heteroatoms. The van der Waals surface area contributed by atoms with E-state index in [1.165, 1.54) is 0 Å². The normalized spacial score (nSPS) is 20.5. The maximum atomic E-state index is 12.4. The molecule has 0 aromatic heterocycles. The molecule has 1 aromatic carbocycles. The number of ketones is 1. The summed E-state index contributed by atoms with van der Waals surface area (Å²) in [6, 6.07) is 7.95. The Morgan fingerprint density at radius 3 is 2.59 bits per heavy atom. The van der Waals surface area contributed by atoms with Gasteiger partial charge in [0.1, 0.15) is 0 Å². The third-order valence-electron chi connectivity index (χ3n) is 3.30. The molecule has 1 atom stereocenters. The molecule has 1 aromatic rings. The highest BCUT2D eigenvalue weighted by Crippen LogP contribution is 2.29. The zero-order chi connectivity index (χ0) is 12.5. The molecular weight excluding hydrogens is 212 g/mol. The molecule has 0 amide bonds. The highest BCUT2D eigenvalue weighted by Gasteiger charge is 2.28. The van der Waals surface area contributed by atoms with Crippen molar-refractivity contribution in [2.75, 3.05) is 13.2 Å². The van der Waals surface area contributed by atoms with Crippen molar-refractivity contribution in [1.29, 1.82) is 0 Å². The SMILES string of the molecule is CC(C)(C)c1ccccc1C(=O)C1CCOC1. The first-order valence-corrected chi connectivity index (χ1v) is 6.21. The van der Waals surface area contributed by atoms with Crippen LogP contribution < -0.4 is 0 Å². The van der Waals surface area contributed by atoms with E-state index >= 15 is 0 Å². The van der Waals surface area contributed by atoms with E-state index in [0.717, 1.165) is 17.5 Å². The lowest BCUT2D eigenvalue weighted by Gasteiger charge is -2.23. The number of Topliss-reactive ketones (excluding diaryl/α,β-unsaturated/α-hetero) is 1. The summed E-state index contributed by atoms with van der Waals surface area (Å²) in [5.74, 6) is 0.298. The Morgan fingerprint density at radius 1 is 1.29 bits per heavy atom. The molecule has 1 aliphatic rings. The fraction of sp³-hybridized carbons (Fsp3) is 0.533. The van der Waals surface area contributed by atoms with Crippen LogP contribution >= 0.6 is 0 Å². The Morgan fingerprint density at radius 2 is 2.00 bits per heavy atom. The van der Waals surface area contributed by atoms with Crippen LogP contribution in [0.5, 0.6) is 0 Å². The average Bonchev–Trinajstić information content (AvgIpc) is 2.80. The fourth-order valence-corrected chi connectivity index (χ4v) is 2.31. The maximum Gasteiger partial charge on any atom is 0.168 e. The van der Waals surface area contributed by atoms with Crippen LogP contribution in [0, 0.1) is 5.92 Å². The Labute approximate surface area is 103 Å². The Bertz CT molecular complexity index is 409. The maximum absolute atomic E-state index is 12.4. The molecule has 0 bridgehead atoms. The van der Waals surface area contributed by atoms with Gasteiger partial charge in [-0.2, -0.15) is 0 Å². The lowest BCUT2D eigenvalue weighted by atomic mass is 9.81. The summed E-state index contributed by atoms with van der Waals surface area (Å²) in [5.41, 5.74) is 2.01. The van der Waals surface area contributed by atoms with Gasteiger partial charge in [-0.3, -0.25) is 4.79 Å². The van der Waals surface area contributed by atoms with Gasteiger partial charge >= 0.3 is 0 Å². The quantitative estimate of drug-likeness (QED) is 0.732. The van der Waals surface area contributed by atoms with E-state index in [1.807, 2.05) is 18.2 Å². The molecule has 1 heterocycles. The van der Waals surface area contributed by atoms with Crippen LogP contribution in [0.4, 0.5) is 0 Å². The number of hydrogen-bond donors (Lipinski definition) is 0. The summed E-state index contributed by atoms with van der Waals surface area (Å²) in [6.07, 6.45) is 0.858. The van der Waals surface area contributed by atoms with Crippen LogP contribution in [0.15, 0.2) is 24.3 Å². The van der Waals surface area contributed by atoms with Gasteiger partial charge in [0.25, 0.3) is 0 Å². The number of benzene rings is 1. The summed E-state index contributed by atoms with van der Waals surface area (Å²) in [5, 5.41) is 0. The first kappa shape index (κ1) is 12.3. The number of carbonyl (C=O) groups is 1. The summed E-state index contributed by atoms with van der Waals surface area (Å²) in [7, 11) is 0. The predicted molar refractivity (Wildman–Crippen MR) is 68.4 cm³/mol. The molecule has 0 radical (unpaired) electrons. The minimum Gasteiger partial charge on any atom is -0.381 e. The van der Waals surface area contributed by atoms with Crippen LogP contribution in [0.2, 0.25) is 0 Å². The van der Waals surface area contributed by atoms with Gasteiger partial charge in [0, 0.05) is 18.1 Å². The van der Waals surface area contributed by atoms with Crippen molar-refractivity contribution in [2.45, 2.75) is 32.6 Å². The van der Waals surface area contributed by atoms with E-state index < -0.39 is 0 Å². The van der Waals surface area contributed by atoms with Crippen molar-refractivity contribution in [2.24, 2.45) is 5.92 Å². The molecule has 92 valence electrons. The van der Waals surface area contributed by atoms with E-state index in [2.05, 4.69) is 26.8 Å². The van der Waals surface area contributed by atoms with Crippen molar-refractivity contribution in [3.05, 3.63) is 35.4 Å². The van der Waals surface area contributed by atoms with Crippen LogP contribution in [0.3, 0.4) is 0 Å². The largest absolute Gasteiger partial charge is 0.381 e. The predicted octanol–water partition coefficient (Wildman–Crippen LogP) is 3.20. The van der Waals surface area contributed by atoms with Gasteiger partial charge in [0.15, 0.2) is 5.78 Å². The highest BCUT2D eigenvalue weighted by molar-refractivity contribution is 5.99. The summed E-state index contributed by atoms with van der Waals surface area (Å²) >= 11 is 0. The first-order valence-electron chi connectivity index (χ1n) is 6.21. The van der Waals surface area contributed by atoms with Crippen LogP contribution in [0.25, 0.3) is 0 Å². The van der Waals surface area contributed by atoms with E-state index in [1.54, 1.807) is 0 Å². The van der Waals surface area contributed by atoms with Crippen molar-refractivity contribution in [3.63, 3.8) is 0 Å².